The van der Waals surface area contributed by atoms with Gasteiger partial charge >= 0.3 is 0 Å². The maximum absolute atomic E-state index is 13.3. The van der Waals surface area contributed by atoms with Crippen molar-refractivity contribution >= 4 is 16.7 Å². The second kappa shape index (κ2) is 8.21. The van der Waals surface area contributed by atoms with E-state index in [1.165, 1.54) is 11.8 Å². The molecule has 0 radical (unpaired) electrons. The number of aromatic nitrogens is 2. The molecule has 0 N–H and O–H groups in total. The SMILES string of the molecule is COc1ccccc1-n1nc(C(=O)N(C)Cc2ccccc2)c2ccccc2c1=O. The molecule has 0 bridgehead atoms. The Morgan fingerprint density at radius 2 is 1.57 bits per heavy atom. The Labute approximate surface area is 174 Å². The van der Waals surface area contributed by atoms with E-state index >= 15 is 0 Å². The standard InChI is InChI=1S/C24H21N3O3/c1-26(16-17-10-4-3-5-11-17)24(29)22-18-12-6-7-13-19(18)23(28)27(25-22)20-14-8-9-15-21(20)30-2/h3-15H,16H2,1-2H3. The van der Waals surface area contributed by atoms with Crippen molar-refractivity contribution in [2.24, 2.45) is 0 Å². The number of amides is 1. The molecule has 0 saturated heterocycles. The highest BCUT2D eigenvalue weighted by Crippen LogP contribution is 2.22. The summed E-state index contributed by atoms with van der Waals surface area (Å²) in [5.41, 5.74) is 1.40. The van der Waals surface area contributed by atoms with Crippen LogP contribution in [0.25, 0.3) is 16.5 Å². The van der Waals surface area contributed by atoms with Crippen molar-refractivity contribution in [2.45, 2.75) is 6.54 Å². The van der Waals surface area contributed by atoms with E-state index < -0.39 is 0 Å². The van der Waals surface area contributed by atoms with Gasteiger partial charge in [-0.15, -0.1) is 0 Å². The third-order valence-electron chi connectivity index (χ3n) is 4.93. The second-order valence-electron chi connectivity index (χ2n) is 6.93. The predicted octanol–water partition coefficient (Wildman–Crippen LogP) is 3.67. The fraction of sp³-hybridized carbons (Fsp3) is 0.125. The molecule has 0 fully saturated rings. The van der Waals surface area contributed by atoms with Gasteiger partial charge in [0.05, 0.1) is 12.5 Å². The lowest BCUT2D eigenvalue weighted by atomic mass is 10.1. The molecule has 1 amide bonds. The summed E-state index contributed by atoms with van der Waals surface area (Å²) in [7, 11) is 3.26. The molecule has 6 heteroatoms. The Hall–Kier alpha value is -3.93. The number of fused-ring (bicyclic) bond motifs is 1. The lowest BCUT2D eigenvalue weighted by Gasteiger charge is -2.19. The van der Waals surface area contributed by atoms with E-state index in [9.17, 15) is 9.59 Å². The molecule has 6 nitrogen and oxygen atoms in total. The number of hydrogen-bond donors (Lipinski definition) is 0. The first-order chi connectivity index (χ1) is 14.6. The molecular weight excluding hydrogens is 378 g/mol. The Kier molecular flexibility index (Phi) is 5.30. The third kappa shape index (κ3) is 3.55. The van der Waals surface area contributed by atoms with Crippen LogP contribution in [0.4, 0.5) is 0 Å². The van der Waals surface area contributed by atoms with Crippen molar-refractivity contribution in [3.05, 3.63) is 100 Å². The molecule has 1 heterocycles. The van der Waals surface area contributed by atoms with Crippen molar-refractivity contribution in [1.82, 2.24) is 14.7 Å². The summed E-state index contributed by atoms with van der Waals surface area (Å²) in [6.45, 7) is 0.434. The summed E-state index contributed by atoms with van der Waals surface area (Å²) < 4.78 is 6.64. The zero-order valence-corrected chi connectivity index (χ0v) is 16.8. The summed E-state index contributed by atoms with van der Waals surface area (Å²) in [6.07, 6.45) is 0. The Morgan fingerprint density at radius 1 is 0.933 bits per heavy atom. The molecule has 0 aliphatic carbocycles. The van der Waals surface area contributed by atoms with Gasteiger partial charge in [0.1, 0.15) is 11.4 Å². The van der Waals surface area contributed by atoms with Crippen LogP contribution in [-0.4, -0.2) is 34.7 Å². The van der Waals surface area contributed by atoms with E-state index in [1.807, 2.05) is 36.4 Å². The average Bonchev–Trinajstić information content (AvgIpc) is 2.80. The van der Waals surface area contributed by atoms with Gasteiger partial charge in [0, 0.05) is 19.0 Å². The van der Waals surface area contributed by atoms with Gasteiger partial charge < -0.3 is 9.64 Å². The molecule has 1 aromatic heterocycles. The summed E-state index contributed by atoms with van der Waals surface area (Å²) in [4.78, 5) is 28.1. The third-order valence-corrected chi connectivity index (χ3v) is 4.93. The number of para-hydroxylation sites is 2. The van der Waals surface area contributed by atoms with Gasteiger partial charge in [-0.05, 0) is 23.8 Å². The first-order valence-electron chi connectivity index (χ1n) is 9.55. The van der Waals surface area contributed by atoms with Crippen LogP contribution in [0.3, 0.4) is 0 Å². The fourth-order valence-electron chi connectivity index (χ4n) is 3.43. The summed E-state index contributed by atoms with van der Waals surface area (Å²) in [5, 5.41) is 5.43. The first kappa shape index (κ1) is 19.4. The zero-order valence-electron chi connectivity index (χ0n) is 16.8. The van der Waals surface area contributed by atoms with Gasteiger partial charge in [0.25, 0.3) is 11.5 Å². The zero-order chi connectivity index (χ0) is 21.1. The van der Waals surface area contributed by atoms with Crippen LogP contribution >= 0.6 is 0 Å². The Morgan fingerprint density at radius 3 is 2.30 bits per heavy atom. The number of carbonyl (C=O) groups is 1. The summed E-state index contributed by atoms with van der Waals surface area (Å²) >= 11 is 0. The second-order valence-corrected chi connectivity index (χ2v) is 6.93. The molecule has 0 aliphatic heterocycles. The van der Waals surface area contributed by atoms with Crippen LogP contribution in [-0.2, 0) is 6.54 Å². The van der Waals surface area contributed by atoms with E-state index in [1.54, 1.807) is 54.4 Å². The monoisotopic (exact) mass is 399 g/mol. The lowest BCUT2D eigenvalue weighted by Crippen LogP contribution is -2.31. The van der Waals surface area contributed by atoms with Crippen LogP contribution in [0.15, 0.2) is 83.7 Å². The van der Waals surface area contributed by atoms with Crippen LogP contribution in [0.1, 0.15) is 16.1 Å². The smallest absolute Gasteiger partial charge is 0.279 e. The van der Waals surface area contributed by atoms with Crippen molar-refractivity contribution in [1.29, 1.82) is 0 Å². The van der Waals surface area contributed by atoms with E-state index in [2.05, 4.69) is 5.10 Å². The van der Waals surface area contributed by atoms with Gasteiger partial charge in [-0.2, -0.15) is 9.78 Å². The van der Waals surface area contributed by atoms with Crippen LogP contribution < -0.4 is 10.3 Å². The van der Waals surface area contributed by atoms with Crippen LogP contribution in [0.5, 0.6) is 5.75 Å². The van der Waals surface area contributed by atoms with Crippen molar-refractivity contribution < 1.29 is 9.53 Å². The molecular formula is C24H21N3O3. The van der Waals surface area contributed by atoms with Crippen molar-refractivity contribution in [3.63, 3.8) is 0 Å². The minimum atomic E-state index is -0.308. The minimum absolute atomic E-state index is 0.217. The average molecular weight is 399 g/mol. The molecule has 0 unspecified atom stereocenters. The molecule has 3 aromatic carbocycles. The highest BCUT2D eigenvalue weighted by Gasteiger charge is 2.21. The van der Waals surface area contributed by atoms with E-state index in [-0.39, 0.29) is 17.2 Å². The predicted molar refractivity (Wildman–Crippen MR) is 116 cm³/mol. The largest absolute Gasteiger partial charge is 0.494 e. The number of carbonyl (C=O) groups excluding carboxylic acids is 1. The Bertz CT molecular complexity index is 1270. The van der Waals surface area contributed by atoms with Gasteiger partial charge in [-0.25, -0.2) is 0 Å². The number of benzene rings is 3. The Balaban J connectivity index is 1.86. The number of hydrogen-bond acceptors (Lipinski definition) is 4. The fourth-order valence-corrected chi connectivity index (χ4v) is 3.43. The molecule has 4 aromatic rings. The molecule has 150 valence electrons. The molecule has 0 atom stereocenters. The van der Waals surface area contributed by atoms with E-state index in [0.717, 1.165) is 5.56 Å². The van der Waals surface area contributed by atoms with Crippen LogP contribution in [0, 0.1) is 0 Å². The van der Waals surface area contributed by atoms with Gasteiger partial charge in [0.2, 0.25) is 0 Å². The highest BCUT2D eigenvalue weighted by molar-refractivity contribution is 6.04. The maximum atomic E-state index is 13.3. The molecule has 0 saturated carbocycles. The van der Waals surface area contributed by atoms with Gasteiger partial charge in [0.15, 0.2) is 5.69 Å². The molecule has 30 heavy (non-hydrogen) atoms. The highest BCUT2D eigenvalue weighted by atomic mass is 16.5. The minimum Gasteiger partial charge on any atom is -0.494 e. The van der Waals surface area contributed by atoms with Gasteiger partial charge in [-0.3, -0.25) is 9.59 Å². The normalized spacial score (nSPS) is 10.7. The van der Waals surface area contributed by atoms with Crippen molar-refractivity contribution in [2.75, 3.05) is 14.2 Å². The lowest BCUT2D eigenvalue weighted by molar-refractivity contribution is 0.0779. The van der Waals surface area contributed by atoms with Gasteiger partial charge in [-0.1, -0.05) is 60.7 Å². The van der Waals surface area contributed by atoms with E-state index in [0.29, 0.717) is 28.8 Å². The molecule has 0 spiro atoms. The number of ether oxygens (including phenoxy) is 1. The maximum Gasteiger partial charge on any atom is 0.279 e. The molecule has 0 aliphatic rings. The summed E-state index contributed by atoms with van der Waals surface area (Å²) in [6, 6.07) is 23.9. The number of nitrogens with zero attached hydrogens (tertiary/aromatic N) is 3. The van der Waals surface area contributed by atoms with Crippen molar-refractivity contribution in [3.8, 4) is 11.4 Å². The number of rotatable bonds is 5. The topological polar surface area (TPSA) is 64.4 Å². The first-order valence-corrected chi connectivity index (χ1v) is 9.55. The molecule has 4 rings (SSSR count). The van der Waals surface area contributed by atoms with Crippen LogP contribution in [0.2, 0.25) is 0 Å². The summed E-state index contributed by atoms with van der Waals surface area (Å²) in [5.74, 6) is 0.233. The number of methoxy groups -OCH3 is 1. The quantitative estimate of drug-likeness (QED) is 0.514. The van der Waals surface area contributed by atoms with E-state index in [4.69, 9.17) is 4.74 Å².